The molecule has 0 radical (unpaired) electrons. The fourth-order valence-electron chi connectivity index (χ4n) is 3.35. The van der Waals surface area contributed by atoms with Crippen LogP contribution >= 0.6 is 0 Å². The summed E-state index contributed by atoms with van der Waals surface area (Å²) in [5.74, 6) is -6.11. The molecule has 1 aromatic carbocycles. The highest BCUT2D eigenvalue weighted by molar-refractivity contribution is 6.17. The van der Waals surface area contributed by atoms with Crippen molar-refractivity contribution in [2.45, 2.75) is 58.5 Å². The van der Waals surface area contributed by atoms with E-state index in [4.69, 9.17) is 14.2 Å². The van der Waals surface area contributed by atoms with Gasteiger partial charge in [-0.2, -0.15) is 0 Å². The maximum Gasteiger partial charge on any atom is 0.408 e. The summed E-state index contributed by atoms with van der Waals surface area (Å²) in [5.41, 5.74) is 0.771. The first-order valence-corrected chi connectivity index (χ1v) is 9.90. The third-order valence-corrected chi connectivity index (χ3v) is 4.58. The molecule has 166 valence electrons. The number of ketones is 1. The first-order chi connectivity index (χ1) is 14.4. The molecule has 2 aromatic rings. The normalized spacial score (nSPS) is 17.6. The summed E-state index contributed by atoms with van der Waals surface area (Å²) >= 11 is 0. The quantitative estimate of drug-likeness (QED) is 0.552. The minimum atomic E-state index is -1.79. The number of nitrogens with one attached hydrogen (secondary N) is 2. The molecular weight excluding hydrogens is 404 g/mol. The van der Waals surface area contributed by atoms with E-state index in [-0.39, 0.29) is 6.42 Å². The summed E-state index contributed by atoms with van der Waals surface area (Å²) in [5, 5.41) is 3.34. The van der Waals surface area contributed by atoms with Gasteiger partial charge in [-0.05, 0) is 32.4 Å². The van der Waals surface area contributed by atoms with E-state index in [9.17, 15) is 19.2 Å². The van der Waals surface area contributed by atoms with Crippen molar-refractivity contribution in [3.05, 3.63) is 36.0 Å². The first kappa shape index (κ1) is 22.3. The zero-order valence-corrected chi connectivity index (χ0v) is 18.1. The summed E-state index contributed by atoms with van der Waals surface area (Å²) < 4.78 is 15.4. The molecule has 1 aliphatic rings. The topological polar surface area (TPSA) is 124 Å². The van der Waals surface area contributed by atoms with Gasteiger partial charge in [0.25, 0.3) is 5.79 Å². The predicted octanol–water partition coefficient (Wildman–Crippen LogP) is 2.63. The smallest absolute Gasteiger partial charge is 0.408 e. The number of ether oxygens (including phenoxy) is 3. The molecule has 1 atom stereocenters. The van der Waals surface area contributed by atoms with Gasteiger partial charge in [-0.15, -0.1) is 0 Å². The third-order valence-electron chi connectivity index (χ3n) is 4.58. The SMILES string of the molecule is CC(C)(C)OC(=O)NC(Cc1c[nH]c2ccccc12)C(=O)C1C(=O)OC(C)(C)OC1=O. The Labute approximate surface area is 179 Å². The number of aromatic amines is 1. The number of Topliss-reactive ketones (excluding diaryl/α,β-unsaturated/α-hetero) is 1. The van der Waals surface area contributed by atoms with Gasteiger partial charge in [0, 0.05) is 37.4 Å². The molecule has 1 aromatic heterocycles. The molecule has 2 heterocycles. The molecule has 0 spiro atoms. The number of cyclic esters (lactones) is 2. The number of hydrogen-bond donors (Lipinski definition) is 2. The molecule has 0 saturated carbocycles. The Morgan fingerprint density at radius 3 is 2.39 bits per heavy atom. The fraction of sp³-hybridized carbons (Fsp3) is 0.455. The van der Waals surface area contributed by atoms with Gasteiger partial charge in [0.15, 0.2) is 5.78 Å². The summed E-state index contributed by atoms with van der Waals surface area (Å²) in [6.45, 7) is 7.83. The van der Waals surface area contributed by atoms with E-state index in [1.807, 2.05) is 24.3 Å². The van der Waals surface area contributed by atoms with Crippen molar-refractivity contribution in [2.75, 3.05) is 0 Å². The molecule has 31 heavy (non-hydrogen) atoms. The van der Waals surface area contributed by atoms with Gasteiger partial charge in [-0.3, -0.25) is 14.4 Å². The van der Waals surface area contributed by atoms with Crippen molar-refractivity contribution in [1.29, 1.82) is 0 Å². The number of alkyl carbamates (subject to hydrolysis) is 1. The molecule has 1 aliphatic heterocycles. The van der Waals surface area contributed by atoms with Crippen molar-refractivity contribution >= 4 is 34.7 Å². The Hall–Kier alpha value is -3.36. The fourth-order valence-corrected chi connectivity index (χ4v) is 3.35. The van der Waals surface area contributed by atoms with Crippen molar-refractivity contribution in [3.63, 3.8) is 0 Å². The molecule has 1 fully saturated rings. The molecule has 9 nitrogen and oxygen atoms in total. The van der Waals surface area contributed by atoms with Gasteiger partial charge in [0.2, 0.25) is 5.92 Å². The van der Waals surface area contributed by atoms with E-state index in [0.717, 1.165) is 16.5 Å². The molecule has 3 rings (SSSR count). The highest BCUT2D eigenvalue weighted by Gasteiger charge is 2.49. The number of fused-ring (bicyclic) bond motifs is 1. The second-order valence-corrected chi connectivity index (χ2v) is 8.84. The molecular formula is C22H26N2O7. The van der Waals surface area contributed by atoms with E-state index >= 15 is 0 Å². The van der Waals surface area contributed by atoms with E-state index in [1.54, 1.807) is 27.0 Å². The van der Waals surface area contributed by atoms with Crippen LogP contribution in [0, 0.1) is 5.92 Å². The standard InChI is InChI=1S/C22H26N2O7/c1-21(2,3)31-20(28)24-15(10-12-11-23-14-9-7-6-8-13(12)14)17(25)16-18(26)29-22(4,5)30-19(16)27/h6-9,11,15-16,23H,10H2,1-5H3,(H,24,28). The number of esters is 2. The minimum absolute atomic E-state index is 0.0303. The van der Waals surface area contributed by atoms with Gasteiger partial charge in [0.05, 0.1) is 6.04 Å². The zero-order chi connectivity index (χ0) is 23.0. The Balaban J connectivity index is 1.89. The number of benzene rings is 1. The average Bonchev–Trinajstić information content (AvgIpc) is 3.01. The van der Waals surface area contributed by atoms with Gasteiger partial charge < -0.3 is 24.5 Å². The maximum atomic E-state index is 13.2. The molecule has 2 N–H and O–H groups in total. The molecule has 9 heteroatoms. The van der Waals surface area contributed by atoms with Crippen LogP contribution in [0.25, 0.3) is 10.9 Å². The minimum Gasteiger partial charge on any atom is -0.444 e. The predicted molar refractivity (Wildman–Crippen MR) is 110 cm³/mol. The second kappa shape index (κ2) is 8.05. The van der Waals surface area contributed by atoms with Crippen LogP contribution in [-0.2, 0) is 35.0 Å². The number of amides is 1. The summed E-state index contributed by atoms with van der Waals surface area (Å²) in [4.78, 5) is 53.5. The summed E-state index contributed by atoms with van der Waals surface area (Å²) in [6, 6.07) is 6.22. The second-order valence-electron chi connectivity index (χ2n) is 8.84. The monoisotopic (exact) mass is 430 g/mol. The lowest BCUT2D eigenvalue weighted by Crippen LogP contribution is -2.55. The lowest BCUT2D eigenvalue weighted by molar-refractivity contribution is -0.238. The number of carbonyl (C=O) groups is 4. The van der Waals surface area contributed by atoms with Gasteiger partial charge >= 0.3 is 18.0 Å². The number of carbonyl (C=O) groups excluding carboxylic acids is 4. The van der Waals surface area contributed by atoms with Crippen molar-refractivity contribution in [3.8, 4) is 0 Å². The Bertz CT molecular complexity index is 1010. The largest absolute Gasteiger partial charge is 0.444 e. The number of para-hydroxylation sites is 1. The van der Waals surface area contributed by atoms with Crippen LogP contribution in [-0.4, -0.2) is 46.2 Å². The number of rotatable bonds is 5. The van der Waals surface area contributed by atoms with Crippen LogP contribution in [0.5, 0.6) is 0 Å². The molecule has 1 unspecified atom stereocenters. The van der Waals surface area contributed by atoms with Crippen molar-refractivity contribution in [2.24, 2.45) is 5.92 Å². The van der Waals surface area contributed by atoms with Crippen LogP contribution in [0.4, 0.5) is 4.79 Å². The molecule has 0 bridgehead atoms. The van der Waals surface area contributed by atoms with E-state index < -0.39 is 47.2 Å². The van der Waals surface area contributed by atoms with E-state index in [0.29, 0.717) is 0 Å². The highest BCUT2D eigenvalue weighted by atomic mass is 16.7. The third kappa shape index (κ3) is 5.22. The van der Waals surface area contributed by atoms with Gasteiger partial charge in [-0.25, -0.2) is 4.79 Å². The van der Waals surface area contributed by atoms with Crippen LogP contribution in [0.1, 0.15) is 40.2 Å². The summed E-state index contributed by atoms with van der Waals surface area (Å²) in [6.07, 6.45) is 0.897. The van der Waals surface area contributed by atoms with Crippen LogP contribution in [0.2, 0.25) is 0 Å². The Morgan fingerprint density at radius 2 is 1.77 bits per heavy atom. The summed E-state index contributed by atoms with van der Waals surface area (Å²) in [7, 11) is 0. The van der Waals surface area contributed by atoms with Crippen LogP contribution < -0.4 is 5.32 Å². The molecule has 1 saturated heterocycles. The molecule has 0 aliphatic carbocycles. The van der Waals surface area contributed by atoms with Crippen LogP contribution in [0.3, 0.4) is 0 Å². The maximum absolute atomic E-state index is 13.2. The lowest BCUT2D eigenvalue weighted by Gasteiger charge is -2.33. The highest BCUT2D eigenvalue weighted by Crippen LogP contribution is 2.26. The lowest BCUT2D eigenvalue weighted by atomic mass is 9.92. The number of aromatic nitrogens is 1. The zero-order valence-electron chi connectivity index (χ0n) is 18.1. The van der Waals surface area contributed by atoms with Crippen LogP contribution in [0.15, 0.2) is 30.5 Å². The van der Waals surface area contributed by atoms with Crippen molar-refractivity contribution in [1.82, 2.24) is 10.3 Å². The average molecular weight is 430 g/mol. The first-order valence-electron chi connectivity index (χ1n) is 9.90. The van der Waals surface area contributed by atoms with E-state index in [2.05, 4.69) is 10.3 Å². The number of H-pyrrole nitrogens is 1. The Morgan fingerprint density at radius 1 is 1.16 bits per heavy atom. The van der Waals surface area contributed by atoms with Crippen molar-refractivity contribution < 1.29 is 33.4 Å². The molecule has 1 amide bonds. The number of hydrogen-bond acceptors (Lipinski definition) is 7. The van der Waals surface area contributed by atoms with Gasteiger partial charge in [-0.1, -0.05) is 18.2 Å². The van der Waals surface area contributed by atoms with Gasteiger partial charge in [0.1, 0.15) is 5.60 Å². The Kier molecular flexibility index (Phi) is 5.80. The van der Waals surface area contributed by atoms with E-state index in [1.165, 1.54) is 13.8 Å².